The van der Waals surface area contributed by atoms with Crippen molar-refractivity contribution in [3.63, 3.8) is 0 Å². The highest BCUT2D eigenvalue weighted by Crippen LogP contribution is 2.38. The van der Waals surface area contributed by atoms with Gasteiger partial charge in [-0.2, -0.15) is 0 Å². The molecule has 2 aliphatic rings. The number of rotatable bonds is 4. The molecule has 2 aromatic carbocycles. The fourth-order valence-electron chi connectivity index (χ4n) is 4.29. The zero-order valence-corrected chi connectivity index (χ0v) is 17.1. The van der Waals surface area contributed by atoms with Crippen molar-refractivity contribution in [1.29, 1.82) is 0 Å². The van der Waals surface area contributed by atoms with E-state index in [1.54, 1.807) is 0 Å². The fraction of sp³-hybridized carbons (Fsp3) is 0.381. The molecule has 4 rings (SSSR count). The predicted molar refractivity (Wildman–Crippen MR) is 114 cm³/mol. The molecule has 0 saturated carbocycles. The Labute approximate surface area is 170 Å². The van der Waals surface area contributed by atoms with Crippen LogP contribution in [0.4, 0.5) is 0 Å². The van der Waals surface area contributed by atoms with Crippen LogP contribution in [0, 0.1) is 0 Å². The number of nitrogens with zero attached hydrogens (tertiary/aromatic N) is 2. The van der Waals surface area contributed by atoms with Crippen molar-refractivity contribution in [2.24, 2.45) is 10.7 Å². The first-order valence-electron chi connectivity index (χ1n) is 9.11. The van der Waals surface area contributed by atoms with E-state index in [2.05, 4.69) is 75.4 Å². The van der Waals surface area contributed by atoms with Gasteiger partial charge in [0.05, 0.1) is 6.04 Å². The van der Waals surface area contributed by atoms with Crippen LogP contribution in [0.1, 0.15) is 42.9 Å². The maximum atomic E-state index is 6.41. The van der Waals surface area contributed by atoms with E-state index in [0.717, 1.165) is 29.7 Å². The van der Waals surface area contributed by atoms with Crippen LogP contribution in [0.3, 0.4) is 0 Å². The van der Waals surface area contributed by atoms with E-state index in [4.69, 9.17) is 10.7 Å². The third-order valence-electron chi connectivity index (χ3n) is 5.51. The lowest BCUT2D eigenvalue weighted by atomic mass is 9.97. The molecule has 1 saturated heterocycles. The second-order valence-corrected chi connectivity index (χ2v) is 8.03. The van der Waals surface area contributed by atoms with Crippen molar-refractivity contribution in [3.05, 3.63) is 70.2 Å². The molecule has 26 heavy (non-hydrogen) atoms. The van der Waals surface area contributed by atoms with Gasteiger partial charge in [0, 0.05) is 16.6 Å². The predicted octanol–water partition coefficient (Wildman–Crippen LogP) is 5.10. The summed E-state index contributed by atoms with van der Waals surface area (Å²) in [5.74, 6) is 0.733. The highest BCUT2D eigenvalue weighted by molar-refractivity contribution is 9.10. The number of guanidine groups is 1. The molecule has 3 atom stereocenters. The first-order valence-corrected chi connectivity index (χ1v) is 9.91. The summed E-state index contributed by atoms with van der Waals surface area (Å²) in [5.41, 5.74) is 9.07. The number of hydrogen-bond acceptors (Lipinski definition) is 3. The SMILES string of the molecule is Cl.NC1=N[C@@H](c2cccc(Br)c2)C[C@H]2CC[C@H](CCc3ccccc3)N12. The van der Waals surface area contributed by atoms with Crippen molar-refractivity contribution >= 4 is 34.3 Å². The lowest BCUT2D eigenvalue weighted by Crippen LogP contribution is -2.48. The Morgan fingerprint density at radius 2 is 1.88 bits per heavy atom. The van der Waals surface area contributed by atoms with Crippen LogP contribution in [0.25, 0.3) is 0 Å². The Morgan fingerprint density at radius 3 is 2.65 bits per heavy atom. The standard InChI is InChI=1S/C21H24BrN3.ClH/c22-17-8-4-7-16(13-17)20-14-19-12-11-18(25(19)21(23)24-20)10-9-15-5-2-1-3-6-15;/h1-8,13,18-20H,9-12,14H2,(H2,23,24);1H/t18-,19+,20+;/m0./s1. The van der Waals surface area contributed by atoms with Crippen LogP contribution in [0.15, 0.2) is 64.1 Å². The van der Waals surface area contributed by atoms with Gasteiger partial charge in [0.15, 0.2) is 5.96 Å². The average molecular weight is 435 g/mol. The molecule has 0 aliphatic carbocycles. The summed E-state index contributed by atoms with van der Waals surface area (Å²) in [5, 5.41) is 0. The van der Waals surface area contributed by atoms with Gasteiger partial charge in [-0.3, -0.25) is 0 Å². The lowest BCUT2D eigenvalue weighted by Gasteiger charge is -2.37. The highest BCUT2D eigenvalue weighted by atomic mass is 79.9. The van der Waals surface area contributed by atoms with Crippen molar-refractivity contribution in [2.75, 3.05) is 0 Å². The number of benzene rings is 2. The van der Waals surface area contributed by atoms with Crippen molar-refractivity contribution in [2.45, 2.75) is 50.2 Å². The topological polar surface area (TPSA) is 41.6 Å². The van der Waals surface area contributed by atoms with Gasteiger partial charge in [0.25, 0.3) is 0 Å². The summed E-state index contributed by atoms with van der Waals surface area (Å²) in [4.78, 5) is 7.24. The molecule has 2 aromatic rings. The lowest BCUT2D eigenvalue weighted by molar-refractivity contribution is 0.256. The zero-order valence-electron chi connectivity index (χ0n) is 14.7. The smallest absolute Gasteiger partial charge is 0.192 e. The minimum Gasteiger partial charge on any atom is -0.370 e. The Hall–Kier alpha value is -1.52. The van der Waals surface area contributed by atoms with Crippen molar-refractivity contribution in [3.8, 4) is 0 Å². The van der Waals surface area contributed by atoms with Crippen LogP contribution in [-0.4, -0.2) is 22.9 Å². The Balaban J connectivity index is 0.00000196. The molecular weight excluding hydrogens is 410 g/mol. The van der Waals surface area contributed by atoms with E-state index in [9.17, 15) is 0 Å². The molecule has 0 spiro atoms. The number of aliphatic imine (C=N–C) groups is 1. The summed E-state index contributed by atoms with van der Waals surface area (Å²) >= 11 is 3.56. The molecule has 2 N–H and O–H groups in total. The van der Waals surface area contributed by atoms with Crippen molar-refractivity contribution < 1.29 is 0 Å². The van der Waals surface area contributed by atoms with E-state index in [1.807, 2.05) is 0 Å². The molecule has 138 valence electrons. The van der Waals surface area contributed by atoms with Gasteiger partial charge in [-0.1, -0.05) is 58.4 Å². The summed E-state index contributed by atoms with van der Waals surface area (Å²) in [6.45, 7) is 0. The number of aryl methyl sites for hydroxylation is 1. The molecule has 5 heteroatoms. The monoisotopic (exact) mass is 433 g/mol. The quantitative estimate of drug-likeness (QED) is 0.727. The van der Waals surface area contributed by atoms with E-state index >= 15 is 0 Å². The largest absolute Gasteiger partial charge is 0.370 e. The maximum Gasteiger partial charge on any atom is 0.192 e. The average Bonchev–Trinajstić information content (AvgIpc) is 3.04. The van der Waals surface area contributed by atoms with Gasteiger partial charge < -0.3 is 10.6 Å². The van der Waals surface area contributed by atoms with Crippen LogP contribution >= 0.6 is 28.3 Å². The second-order valence-electron chi connectivity index (χ2n) is 7.11. The Morgan fingerprint density at radius 1 is 1.08 bits per heavy atom. The summed E-state index contributed by atoms with van der Waals surface area (Å²) in [6, 6.07) is 20.4. The second kappa shape index (κ2) is 8.45. The summed E-state index contributed by atoms with van der Waals surface area (Å²) < 4.78 is 1.10. The van der Waals surface area contributed by atoms with E-state index in [0.29, 0.717) is 12.1 Å². The molecular formula is C21H25BrClN3. The van der Waals surface area contributed by atoms with E-state index < -0.39 is 0 Å². The number of fused-ring (bicyclic) bond motifs is 1. The first-order chi connectivity index (χ1) is 12.2. The minimum absolute atomic E-state index is 0. The Kier molecular flexibility index (Phi) is 6.25. The molecule has 0 unspecified atom stereocenters. The molecule has 2 aliphatic heterocycles. The summed E-state index contributed by atoms with van der Waals surface area (Å²) in [6.07, 6.45) is 5.77. The highest BCUT2D eigenvalue weighted by Gasteiger charge is 2.39. The fourth-order valence-corrected chi connectivity index (χ4v) is 4.71. The molecule has 0 bridgehead atoms. The molecule has 0 aromatic heterocycles. The molecule has 0 amide bonds. The number of hydrogen-bond donors (Lipinski definition) is 1. The molecule has 0 radical (unpaired) electrons. The van der Waals surface area contributed by atoms with Crippen LogP contribution in [0.5, 0.6) is 0 Å². The van der Waals surface area contributed by atoms with Gasteiger partial charge in [0.2, 0.25) is 0 Å². The minimum atomic E-state index is 0. The molecule has 2 heterocycles. The van der Waals surface area contributed by atoms with Gasteiger partial charge in [-0.15, -0.1) is 12.4 Å². The Bertz CT molecular complexity index is 765. The van der Waals surface area contributed by atoms with E-state index in [-0.39, 0.29) is 18.4 Å². The third kappa shape index (κ3) is 4.07. The zero-order chi connectivity index (χ0) is 17.2. The normalized spacial score (nSPS) is 24.6. The third-order valence-corrected chi connectivity index (χ3v) is 6.00. The van der Waals surface area contributed by atoms with Gasteiger partial charge in [-0.05, 0) is 55.4 Å². The molecule has 1 fully saturated rings. The maximum absolute atomic E-state index is 6.41. The van der Waals surface area contributed by atoms with Gasteiger partial charge in [0.1, 0.15) is 0 Å². The van der Waals surface area contributed by atoms with Crippen molar-refractivity contribution in [1.82, 2.24) is 4.90 Å². The van der Waals surface area contributed by atoms with Gasteiger partial charge >= 0.3 is 0 Å². The number of halogens is 2. The first kappa shape index (κ1) is 19.2. The van der Waals surface area contributed by atoms with Gasteiger partial charge in [-0.25, -0.2) is 4.99 Å². The number of nitrogens with two attached hydrogens (primary N) is 1. The molecule has 3 nitrogen and oxygen atoms in total. The van der Waals surface area contributed by atoms with Crippen LogP contribution in [0.2, 0.25) is 0 Å². The van der Waals surface area contributed by atoms with Crippen LogP contribution in [-0.2, 0) is 6.42 Å². The van der Waals surface area contributed by atoms with Crippen LogP contribution < -0.4 is 5.73 Å². The van der Waals surface area contributed by atoms with E-state index in [1.165, 1.54) is 24.0 Å². The summed E-state index contributed by atoms with van der Waals surface area (Å²) in [7, 11) is 0.